The molecule has 0 heterocycles. The Labute approximate surface area is 99.3 Å². The van der Waals surface area contributed by atoms with Crippen molar-refractivity contribution in [2.24, 2.45) is 0 Å². The van der Waals surface area contributed by atoms with Crippen molar-refractivity contribution in [2.45, 2.75) is 26.2 Å². The minimum Gasteiger partial charge on any atom is -0.504 e. The topological polar surface area (TPSA) is 87.0 Å². The summed E-state index contributed by atoms with van der Waals surface area (Å²) in [5, 5.41) is 28.0. The lowest BCUT2D eigenvalue weighted by molar-refractivity contribution is 0.0689. The van der Waals surface area contributed by atoms with Gasteiger partial charge in [-0.15, -0.1) is 0 Å². The fourth-order valence-electron chi connectivity index (χ4n) is 1.68. The van der Waals surface area contributed by atoms with E-state index in [9.17, 15) is 15.0 Å². The van der Waals surface area contributed by atoms with Crippen LogP contribution in [0, 0.1) is 0 Å². The van der Waals surface area contributed by atoms with Gasteiger partial charge in [0.25, 0.3) is 0 Å². The summed E-state index contributed by atoms with van der Waals surface area (Å²) >= 11 is 0. The Morgan fingerprint density at radius 2 is 2.06 bits per heavy atom. The van der Waals surface area contributed by atoms with E-state index in [1.165, 1.54) is 13.2 Å². The Balaban J connectivity index is 3.35. The van der Waals surface area contributed by atoms with Gasteiger partial charge >= 0.3 is 5.97 Å². The van der Waals surface area contributed by atoms with Crippen LogP contribution in [0.3, 0.4) is 0 Å². The molecule has 3 N–H and O–H groups in total. The summed E-state index contributed by atoms with van der Waals surface area (Å²) in [5.41, 5.74) is 0.195. The number of aromatic hydroxyl groups is 2. The standard InChI is InChI=1S/C12H16O5/c1-3-4-5-7-6-8(13)10(14)9(12(15)16)11(7)17-2/h6,13-14H,3-5H2,1-2H3,(H,15,16). The van der Waals surface area contributed by atoms with E-state index in [4.69, 9.17) is 9.84 Å². The number of ether oxygens (including phenoxy) is 1. The number of benzene rings is 1. The number of phenolic OH excluding ortho intramolecular Hbond substituents is 1. The number of carboxylic acid groups (broad SMARTS) is 1. The van der Waals surface area contributed by atoms with Crippen molar-refractivity contribution >= 4 is 5.97 Å². The predicted octanol–water partition coefficient (Wildman–Crippen LogP) is 2.15. The van der Waals surface area contributed by atoms with E-state index in [-0.39, 0.29) is 5.75 Å². The van der Waals surface area contributed by atoms with Gasteiger partial charge in [-0.3, -0.25) is 0 Å². The van der Waals surface area contributed by atoms with Crippen molar-refractivity contribution in [1.82, 2.24) is 0 Å². The lowest BCUT2D eigenvalue weighted by Crippen LogP contribution is -2.04. The van der Waals surface area contributed by atoms with Crippen LogP contribution in [0.1, 0.15) is 35.7 Å². The van der Waals surface area contributed by atoms with Gasteiger partial charge in [-0.2, -0.15) is 0 Å². The van der Waals surface area contributed by atoms with Crippen LogP contribution in [0.5, 0.6) is 17.2 Å². The quantitative estimate of drug-likeness (QED) is 0.686. The minimum atomic E-state index is -1.33. The summed E-state index contributed by atoms with van der Waals surface area (Å²) in [4.78, 5) is 11.0. The third kappa shape index (κ3) is 2.61. The monoisotopic (exact) mass is 240 g/mol. The van der Waals surface area contributed by atoms with Gasteiger partial charge in [0.15, 0.2) is 11.5 Å². The van der Waals surface area contributed by atoms with E-state index in [0.717, 1.165) is 12.8 Å². The first-order chi connectivity index (χ1) is 8.02. The fourth-order valence-corrected chi connectivity index (χ4v) is 1.68. The Hall–Kier alpha value is -1.91. The summed E-state index contributed by atoms with van der Waals surface area (Å²) < 4.78 is 5.02. The molecular weight excluding hydrogens is 224 g/mol. The normalized spacial score (nSPS) is 10.2. The number of rotatable bonds is 5. The fraction of sp³-hybridized carbons (Fsp3) is 0.417. The van der Waals surface area contributed by atoms with Crippen LogP contribution >= 0.6 is 0 Å². The van der Waals surface area contributed by atoms with Crippen molar-refractivity contribution in [3.63, 3.8) is 0 Å². The van der Waals surface area contributed by atoms with Gasteiger partial charge in [0, 0.05) is 0 Å². The van der Waals surface area contributed by atoms with Crippen LogP contribution in [0.15, 0.2) is 6.07 Å². The summed E-state index contributed by atoms with van der Waals surface area (Å²) in [7, 11) is 1.34. The first-order valence-electron chi connectivity index (χ1n) is 5.38. The van der Waals surface area contributed by atoms with Crippen molar-refractivity contribution in [2.75, 3.05) is 7.11 Å². The molecule has 0 saturated carbocycles. The van der Waals surface area contributed by atoms with E-state index in [1.54, 1.807) is 0 Å². The molecule has 0 atom stereocenters. The van der Waals surface area contributed by atoms with E-state index >= 15 is 0 Å². The number of carboxylic acids is 1. The van der Waals surface area contributed by atoms with Crippen molar-refractivity contribution < 1.29 is 24.9 Å². The Bertz CT molecular complexity index is 425. The molecule has 0 aromatic heterocycles. The second kappa shape index (κ2) is 5.43. The van der Waals surface area contributed by atoms with Crippen LogP contribution in [-0.2, 0) is 6.42 Å². The van der Waals surface area contributed by atoms with Gasteiger partial charge < -0.3 is 20.1 Å². The zero-order chi connectivity index (χ0) is 13.0. The van der Waals surface area contributed by atoms with Crippen LogP contribution in [0.2, 0.25) is 0 Å². The smallest absolute Gasteiger partial charge is 0.343 e. The molecule has 0 spiro atoms. The molecule has 0 fully saturated rings. The molecule has 0 unspecified atom stereocenters. The zero-order valence-corrected chi connectivity index (χ0v) is 9.86. The second-order valence-electron chi connectivity index (χ2n) is 3.72. The van der Waals surface area contributed by atoms with E-state index < -0.39 is 23.0 Å². The third-order valence-electron chi connectivity index (χ3n) is 2.53. The largest absolute Gasteiger partial charge is 0.504 e. The van der Waals surface area contributed by atoms with Crippen molar-refractivity contribution in [1.29, 1.82) is 0 Å². The van der Waals surface area contributed by atoms with Gasteiger partial charge in [-0.05, 0) is 24.5 Å². The van der Waals surface area contributed by atoms with E-state index in [0.29, 0.717) is 12.0 Å². The van der Waals surface area contributed by atoms with Gasteiger partial charge in [-0.25, -0.2) is 4.79 Å². The Morgan fingerprint density at radius 1 is 1.41 bits per heavy atom. The number of aromatic carboxylic acids is 1. The van der Waals surface area contributed by atoms with Gasteiger partial charge in [-0.1, -0.05) is 13.3 Å². The first-order valence-corrected chi connectivity index (χ1v) is 5.38. The number of hydrogen-bond acceptors (Lipinski definition) is 4. The average molecular weight is 240 g/mol. The second-order valence-corrected chi connectivity index (χ2v) is 3.72. The van der Waals surface area contributed by atoms with Crippen LogP contribution in [0.4, 0.5) is 0 Å². The molecule has 0 aliphatic rings. The van der Waals surface area contributed by atoms with Crippen LogP contribution in [-0.4, -0.2) is 28.4 Å². The Morgan fingerprint density at radius 3 is 2.53 bits per heavy atom. The lowest BCUT2D eigenvalue weighted by Gasteiger charge is -2.13. The number of aryl methyl sites for hydroxylation is 1. The lowest BCUT2D eigenvalue weighted by atomic mass is 10.0. The molecule has 1 aromatic carbocycles. The molecule has 5 nitrogen and oxygen atoms in total. The third-order valence-corrected chi connectivity index (χ3v) is 2.53. The maximum Gasteiger partial charge on any atom is 0.343 e. The molecular formula is C12H16O5. The number of carbonyl (C=O) groups is 1. The molecule has 94 valence electrons. The predicted molar refractivity (Wildman–Crippen MR) is 61.9 cm³/mol. The molecule has 5 heteroatoms. The van der Waals surface area contributed by atoms with Crippen molar-refractivity contribution in [3.8, 4) is 17.2 Å². The average Bonchev–Trinajstić information content (AvgIpc) is 2.29. The molecule has 0 radical (unpaired) electrons. The molecule has 0 amide bonds. The van der Waals surface area contributed by atoms with E-state index in [2.05, 4.69) is 0 Å². The van der Waals surface area contributed by atoms with Gasteiger partial charge in [0.1, 0.15) is 11.3 Å². The molecule has 0 aliphatic heterocycles. The first kappa shape index (κ1) is 13.2. The van der Waals surface area contributed by atoms with Gasteiger partial charge in [0.2, 0.25) is 0 Å². The zero-order valence-electron chi connectivity index (χ0n) is 9.86. The Kier molecular flexibility index (Phi) is 4.20. The molecule has 0 bridgehead atoms. The summed E-state index contributed by atoms with van der Waals surface area (Å²) in [6.07, 6.45) is 2.38. The number of methoxy groups -OCH3 is 1. The van der Waals surface area contributed by atoms with Gasteiger partial charge in [0.05, 0.1) is 7.11 Å². The minimum absolute atomic E-state index is 0.112. The molecule has 17 heavy (non-hydrogen) atoms. The number of unbranched alkanes of at least 4 members (excludes halogenated alkanes) is 1. The number of hydrogen-bond donors (Lipinski definition) is 3. The van der Waals surface area contributed by atoms with E-state index in [1.807, 2.05) is 6.92 Å². The molecule has 0 aliphatic carbocycles. The molecule has 1 rings (SSSR count). The maximum absolute atomic E-state index is 11.0. The highest BCUT2D eigenvalue weighted by Gasteiger charge is 2.23. The van der Waals surface area contributed by atoms with Crippen LogP contribution in [0.25, 0.3) is 0 Å². The SMILES string of the molecule is CCCCc1cc(O)c(O)c(C(=O)O)c1OC. The van der Waals surface area contributed by atoms with Crippen molar-refractivity contribution in [3.05, 3.63) is 17.2 Å². The number of phenols is 2. The maximum atomic E-state index is 11.0. The summed E-state index contributed by atoms with van der Waals surface area (Å²) in [5.74, 6) is -2.31. The highest BCUT2D eigenvalue weighted by molar-refractivity contribution is 5.95. The van der Waals surface area contributed by atoms with Crippen LogP contribution < -0.4 is 4.74 Å². The molecule has 0 saturated heterocycles. The summed E-state index contributed by atoms with van der Waals surface area (Å²) in [6, 6.07) is 1.34. The molecule has 1 aromatic rings. The highest BCUT2D eigenvalue weighted by Crippen LogP contribution is 2.39. The highest BCUT2D eigenvalue weighted by atomic mass is 16.5. The summed E-state index contributed by atoms with van der Waals surface area (Å²) in [6.45, 7) is 2.00.